The molecule has 0 N–H and O–H groups in total. The Bertz CT molecular complexity index is 1080. The van der Waals surface area contributed by atoms with Crippen molar-refractivity contribution in [2.75, 3.05) is 32.7 Å². The fourth-order valence-electron chi connectivity index (χ4n) is 5.10. The van der Waals surface area contributed by atoms with Crippen LogP contribution in [0.1, 0.15) is 35.3 Å². The lowest BCUT2D eigenvalue weighted by molar-refractivity contribution is 0.0684. The summed E-state index contributed by atoms with van der Waals surface area (Å²) >= 11 is 0. The maximum atomic E-state index is 13.9. The molecule has 0 spiro atoms. The van der Waals surface area contributed by atoms with E-state index in [2.05, 4.69) is 10.00 Å². The second-order valence-electron chi connectivity index (χ2n) is 8.84. The molecule has 3 aromatic rings. The zero-order valence-electron chi connectivity index (χ0n) is 17.8. The number of rotatable bonds is 5. The fourth-order valence-corrected chi connectivity index (χ4v) is 5.10. The van der Waals surface area contributed by atoms with Gasteiger partial charge >= 0.3 is 0 Å². The van der Waals surface area contributed by atoms with E-state index in [0.29, 0.717) is 5.92 Å². The maximum absolute atomic E-state index is 13.9. The van der Waals surface area contributed by atoms with Crippen LogP contribution < -0.4 is 0 Å². The minimum absolute atomic E-state index is 0.106. The van der Waals surface area contributed by atoms with E-state index >= 15 is 0 Å². The molecule has 3 heterocycles. The number of halogens is 1. The van der Waals surface area contributed by atoms with Crippen LogP contribution in [0, 0.1) is 11.7 Å². The van der Waals surface area contributed by atoms with Gasteiger partial charge in [-0.2, -0.15) is 5.10 Å². The highest BCUT2D eigenvalue weighted by atomic mass is 19.1. The summed E-state index contributed by atoms with van der Waals surface area (Å²) in [7, 11) is 0. The zero-order chi connectivity index (χ0) is 21.2. The molecule has 6 heteroatoms. The largest absolute Gasteiger partial charge is 0.337 e. The summed E-state index contributed by atoms with van der Waals surface area (Å²) in [6.45, 7) is 5.24. The molecule has 1 amide bonds. The smallest absolute Gasteiger partial charge is 0.272 e. The Kier molecular flexibility index (Phi) is 5.72. The normalized spacial score (nSPS) is 20.1. The monoisotopic (exact) mass is 420 g/mol. The Labute approximate surface area is 182 Å². The van der Waals surface area contributed by atoms with Gasteiger partial charge < -0.3 is 9.80 Å². The second kappa shape index (κ2) is 8.79. The molecule has 2 aliphatic heterocycles. The lowest BCUT2D eigenvalue weighted by Gasteiger charge is -2.35. The summed E-state index contributed by atoms with van der Waals surface area (Å²) in [6, 6.07) is 15.0. The van der Waals surface area contributed by atoms with E-state index in [1.54, 1.807) is 6.07 Å². The number of benzene rings is 2. The second-order valence-corrected chi connectivity index (χ2v) is 8.84. The summed E-state index contributed by atoms with van der Waals surface area (Å²) in [5.74, 6) is 0.448. The van der Waals surface area contributed by atoms with Crippen LogP contribution >= 0.6 is 0 Å². The van der Waals surface area contributed by atoms with Crippen LogP contribution in [-0.2, 0) is 13.0 Å². The molecular weight excluding hydrogens is 391 g/mol. The van der Waals surface area contributed by atoms with Gasteiger partial charge in [0.2, 0.25) is 0 Å². The Morgan fingerprint density at radius 2 is 1.84 bits per heavy atom. The molecule has 1 saturated heterocycles. The minimum Gasteiger partial charge on any atom is -0.337 e. The van der Waals surface area contributed by atoms with Crippen LogP contribution in [0.3, 0.4) is 0 Å². The van der Waals surface area contributed by atoms with Crippen molar-refractivity contribution >= 4 is 16.8 Å². The summed E-state index contributed by atoms with van der Waals surface area (Å²) in [4.78, 5) is 17.9. The molecule has 0 radical (unpaired) electrons. The van der Waals surface area contributed by atoms with Gasteiger partial charge in [-0.15, -0.1) is 0 Å². The molecule has 31 heavy (non-hydrogen) atoms. The van der Waals surface area contributed by atoms with Gasteiger partial charge in [0.1, 0.15) is 11.5 Å². The van der Waals surface area contributed by atoms with E-state index in [1.807, 2.05) is 46.0 Å². The Hall–Kier alpha value is -2.73. The number of aromatic nitrogens is 2. The number of fused-ring (bicyclic) bond motifs is 3. The minimum atomic E-state index is -0.116. The quantitative estimate of drug-likeness (QED) is 0.627. The van der Waals surface area contributed by atoms with Gasteiger partial charge in [0.25, 0.3) is 5.91 Å². The first-order valence-corrected chi connectivity index (χ1v) is 11.4. The molecular formula is C25H29FN4O. The number of piperidine rings is 1. The maximum Gasteiger partial charge on any atom is 0.272 e. The topological polar surface area (TPSA) is 41.4 Å². The standard InChI is InChI=1S/C25H29FN4O/c26-22-10-3-1-8-20(22)12-16-28-13-5-7-19(17-28)18-29-14-6-15-30-24(25(29)31)21-9-2-4-11-23(21)27-30/h1-4,8-11,19H,5-7,12-18H2. The van der Waals surface area contributed by atoms with Gasteiger partial charge in [0.05, 0.1) is 5.52 Å². The van der Waals surface area contributed by atoms with Crippen LogP contribution in [-0.4, -0.2) is 58.2 Å². The number of carbonyl (C=O) groups excluding carboxylic acids is 1. The third-order valence-electron chi connectivity index (χ3n) is 6.67. The summed E-state index contributed by atoms with van der Waals surface area (Å²) in [5, 5.41) is 5.60. The van der Waals surface area contributed by atoms with Crippen molar-refractivity contribution in [2.24, 2.45) is 5.92 Å². The summed E-state index contributed by atoms with van der Waals surface area (Å²) in [5.41, 5.74) is 2.41. The molecule has 2 aromatic carbocycles. The van der Waals surface area contributed by atoms with E-state index in [1.165, 1.54) is 6.07 Å². The third kappa shape index (κ3) is 4.22. The predicted octanol–water partition coefficient (Wildman–Crippen LogP) is 3.98. The van der Waals surface area contributed by atoms with Crippen LogP contribution in [0.15, 0.2) is 48.5 Å². The predicted molar refractivity (Wildman–Crippen MR) is 120 cm³/mol. The fraction of sp³-hybridized carbons (Fsp3) is 0.440. The van der Waals surface area contributed by atoms with Gasteiger partial charge in [0, 0.05) is 38.1 Å². The molecule has 1 fully saturated rings. The van der Waals surface area contributed by atoms with Crippen molar-refractivity contribution in [1.29, 1.82) is 0 Å². The average molecular weight is 421 g/mol. The van der Waals surface area contributed by atoms with Gasteiger partial charge in [-0.25, -0.2) is 4.39 Å². The highest BCUT2D eigenvalue weighted by Gasteiger charge is 2.29. The first-order chi connectivity index (χ1) is 15.2. The molecule has 5 nitrogen and oxygen atoms in total. The van der Waals surface area contributed by atoms with Crippen molar-refractivity contribution in [3.8, 4) is 0 Å². The Balaban J connectivity index is 1.25. The van der Waals surface area contributed by atoms with Gasteiger partial charge in [-0.3, -0.25) is 9.48 Å². The first-order valence-electron chi connectivity index (χ1n) is 11.4. The number of aryl methyl sites for hydroxylation is 1. The number of likely N-dealkylation sites (tertiary alicyclic amines) is 1. The molecule has 1 aromatic heterocycles. The van der Waals surface area contributed by atoms with Crippen molar-refractivity contribution in [1.82, 2.24) is 19.6 Å². The van der Waals surface area contributed by atoms with E-state index < -0.39 is 0 Å². The lowest BCUT2D eigenvalue weighted by Crippen LogP contribution is -2.43. The average Bonchev–Trinajstić information content (AvgIpc) is 3.08. The number of amides is 1. The summed E-state index contributed by atoms with van der Waals surface area (Å²) in [6.07, 6.45) is 3.93. The van der Waals surface area contributed by atoms with Gasteiger partial charge in [-0.05, 0) is 55.8 Å². The molecule has 162 valence electrons. The molecule has 5 rings (SSSR count). The van der Waals surface area contributed by atoms with E-state index in [-0.39, 0.29) is 11.7 Å². The summed E-state index contributed by atoms with van der Waals surface area (Å²) < 4.78 is 15.8. The van der Waals surface area contributed by atoms with Crippen molar-refractivity contribution in [3.63, 3.8) is 0 Å². The van der Waals surface area contributed by atoms with Gasteiger partial charge in [-0.1, -0.05) is 36.4 Å². The molecule has 1 atom stereocenters. The number of nitrogens with zero attached hydrogens (tertiary/aromatic N) is 4. The molecule has 0 bridgehead atoms. The van der Waals surface area contributed by atoms with E-state index in [9.17, 15) is 9.18 Å². The Morgan fingerprint density at radius 1 is 1.00 bits per heavy atom. The van der Waals surface area contributed by atoms with Gasteiger partial charge in [0.15, 0.2) is 0 Å². The van der Waals surface area contributed by atoms with Crippen LogP contribution in [0.5, 0.6) is 0 Å². The molecule has 1 unspecified atom stereocenters. The van der Waals surface area contributed by atoms with Crippen LogP contribution in [0.4, 0.5) is 4.39 Å². The molecule has 0 aliphatic carbocycles. The number of hydrogen-bond acceptors (Lipinski definition) is 3. The first kappa shape index (κ1) is 20.2. The number of hydrogen-bond donors (Lipinski definition) is 0. The van der Waals surface area contributed by atoms with E-state index in [4.69, 9.17) is 0 Å². The van der Waals surface area contributed by atoms with Crippen LogP contribution in [0.25, 0.3) is 10.9 Å². The SMILES string of the molecule is O=C1c2c3ccccc3nn2CCCN1CC1CCCN(CCc2ccccc2F)C1. The number of carbonyl (C=O) groups is 1. The molecule has 2 aliphatic rings. The highest BCUT2D eigenvalue weighted by molar-refractivity contribution is 6.05. The molecule has 0 saturated carbocycles. The van der Waals surface area contributed by atoms with Crippen molar-refractivity contribution in [3.05, 3.63) is 65.6 Å². The van der Waals surface area contributed by atoms with Crippen LogP contribution in [0.2, 0.25) is 0 Å². The van der Waals surface area contributed by atoms with Crippen molar-refractivity contribution in [2.45, 2.75) is 32.2 Å². The third-order valence-corrected chi connectivity index (χ3v) is 6.67. The van der Waals surface area contributed by atoms with Crippen molar-refractivity contribution < 1.29 is 9.18 Å². The highest BCUT2D eigenvalue weighted by Crippen LogP contribution is 2.25. The lowest BCUT2D eigenvalue weighted by atomic mass is 9.96. The Morgan fingerprint density at radius 3 is 2.74 bits per heavy atom. The van der Waals surface area contributed by atoms with E-state index in [0.717, 1.165) is 87.1 Å². The zero-order valence-corrected chi connectivity index (χ0v) is 17.8.